The molecule has 0 nitrogen and oxygen atoms in total. The summed E-state index contributed by atoms with van der Waals surface area (Å²) in [4.78, 5) is 0. The van der Waals surface area contributed by atoms with Crippen LogP contribution in [0.25, 0.3) is 0 Å². The van der Waals surface area contributed by atoms with E-state index in [9.17, 15) is 8.78 Å². The van der Waals surface area contributed by atoms with Crippen molar-refractivity contribution in [1.82, 2.24) is 0 Å². The van der Waals surface area contributed by atoms with Crippen LogP contribution in [0.3, 0.4) is 0 Å². The minimum absolute atomic E-state index is 0.0836. The Bertz CT molecular complexity index is 609. The number of fused-ring (bicyclic) bond motifs is 1. The van der Waals surface area contributed by atoms with Gasteiger partial charge in [0, 0.05) is 11.3 Å². The molecule has 0 aromatic heterocycles. The van der Waals surface area contributed by atoms with Gasteiger partial charge in [-0.15, -0.1) is 11.6 Å². The maximum absolute atomic E-state index is 13.1. The van der Waals surface area contributed by atoms with Crippen LogP contribution in [-0.2, 0) is 12.8 Å². The van der Waals surface area contributed by atoms with Gasteiger partial charge in [0.1, 0.15) is 0 Å². The van der Waals surface area contributed by atoms with Gasteiger partial charge in [-0.3, -0.25) is 0 Å². The van der Waals surface area contributed by atoms with Gasteiger partial charge in [-0.05, 0) is 41.7 Å². The van der Waals surface area contributed by atoms with Crippen molar-refractivity contribution in [3.05, 3.63) is 70.8 Å². The molecule has 0 spiro atoms. The first-order chi connectivity index (χ1) is 9.15. The standard InChI is InChI=1S/C16H13ClF2/c17-14(7-10-5-6-15(18)16(19)8-10)13-9-11-3-1-2-4-12(11)13/h1-6,8,13-14H,7,9H2. The van der Waals surface area contributed by atoms with E-state index in [0.717, 1.165) is 18.1 Å². The predicted octanol–water partition coefficient (Wildman–Crippen LogP) is 4.45. The Kier molecular flexibility index (Phi) is 3.28. The number of hydrogen-bond donors (Lipinski definition) is 0. The largest absolute Gasteiger partial charge is 0.204 e. The fourth-order valence-corrected chi connectivity index (χ4v) is 3.06. The van der Waals surface area contributed by atoms with Gasteiger partial charge in [0.2, 0.25) is 0 Å². The summed E-state index contributed by atoms with van der Waals surface area (Å²) in [6.07, 6.45) is 1.52. The lowest BCUT2D eigenvalue weighted by Gasteiger charge is -2.33. The van der Waals surface area contributed by atoms with Gasteiger partial charge in [-0.25, -0.2) is 8.78 Å². The smallest absolute Gasteiger partial charge is 0.159 e. The van der Waals surface area contributed by atoms with Crippen LogP contribution in [0.2, 0.25) is 0 Å². The first-order valence-corrected chi connectivity index (χ1v) is 6.74. The topological polar surface area (TPSA) is 0 Å². The third-order valence-electron chi connectivity index (χ3n) is 3.75. The van der Waals surface area contributed by atoms with Crippen LogP contribution in [0.5, 0.6) is 0 Å². The molecule has 2 aromatic carbocycles. The highest BCUT2D eigenvalue weighted by molar-refractivity contribution is 6.21. The predicted molar refractivity (Wildman–Crippen MR) is 72.6 cm³/mol. The zero-order valence-corrected chi connectivity index (χ0v) is 11.0. The molecular weight excluding hydrogens is 266 g/mol. The van der Waals surface area contributed by atoms with E-state index in [-0.39, 0.29) is 5.38 Å². The summed E-state index contributed by atoms with van der Waals surface area (Å²) < 4.78 is 26.0. The normalized spacial score (nSPS) is 18.6. The van der Waals surface area contributed by atoms with Gasteiger partial charge < -0.3 is 0 Å². The van der Waals surface area contributed by atoms with Crippen LogP contribution in [0.1, 0.15) is 22.6 Å². The first-order valence-electron chi connectivity index (χ1n) is 6.31. The fourth-order valence-electron chi connectivity index (χ4n) is 2.65. The Morgan fingerprint density at radius 1 is 1.11 bits per heavy atom. The number of alkyl halides is 1. The molecule has 2 atom stereocenters. The van der Waals surface area contributed by atoms with Crippen LogP contribution in [0.4, 0.5) is 8.78 Å². The molecular formula is C16H13ClF2. The highest BCUT2D eigenvalue weighted by atomic mass is 35.5. The Labute approximate surface area is 116 Å². The van der Waals surface area contributed by atoms with E-state index in [1.807, 2.05) is 12.1 Å². The molecule has 0 amide bonds. The molecule has 3 rings (SSSR count). The van der Waals surface area contributed by atoms with E-state index in [2.05, 4.69) is 12.1 Å². The Balaban J connectivity index is 1.73. The van der Waals surface area contributed by atoms with Gasteiger partial charge in [0.25, 0.3) is 0 Å². The number of benzene rings is 2. The van der Waals surface area contributed by atoms with Crippen LogP contribution in [0.15, 0.2) is 42.5 Å². The summed E-state index contributed by atoms with van der Waals surface area (Å²) >= 11 is 6.42. The molecule has 98 valence electrons. The van der Waals surface area contributed by atoms with Crippen molar-refractivity contribution in [2.45, 2.75) is 24.1 Å². The van der Waals surface area contributed by atoms with Crippen molar-refractivity contribution in [2.24, 2.45) is 0 Å². The lowest BCUT2D eigenvalue weighted by molar-refractivity contribution is 0.505. The maximum atomic E-state index is 13.1. The summed E-state index contributed by atoms with van der Waals surface area (Å²) in [5, 5.41) is -0.0836. The lowest BCUT2D eigenvalue weighted by Crippen LogP contribution is -2.27. The summed E-state index contributed by atoms with van der Waals surface area (Å²) in [6, 6.07) is 12.2. The summed E-state index contributed by atoms with van der Waals surface area (Å²) in [5.74, 6) is -1.31. The van der Waals surface area contributed by atoms with Crippen LogP contribution in [-0.4, -0.2) is 5.38 Å². The van der Waals surface area contributed by atoms with E-state index in [4.69, 9.17) is 11.6 Å². The summed E-state index contributed by atoms with van der Waals surface area (Å²) in [6.45, 7) is 0. The maximum Gasteiger partial charge on any atom is 0.159 e. The van der Waals surface area contributed by atoms with E-state index < -0.39 is 11.6 Å². The molecule has 0 bridgehead atoms. The third kappa shape index (κ3) is 2.37. The molecule has 2 unspecified atom stereocenters. The molecule has 0 radical (unpaired) electrons. The molecule has 2 aromatic rings. The van der Waals surface area contributed by atoms with E-state index in [1.54, 1.807) is 6.07 Å². The fraction of sp³-hybridized carbons (Fsp3) is 0.250. The number of halogens is 3. The zero-order chi connectivity index (χ0) is 13.4. The second-order valence-electron chi connectivity index (χ2n) is 4.98. The Morgan fingerprint density at radius 3 is 2.63 bits per heavy atom. The molecule has 19 heavy (non-hydrogen) atoms. The minimum Gasteiger partial charge on any atom is -0.204 e. The van der Waals surface area contributed by atoms with Crippen molar-refractivity contribution in [3.8, 4) is 0 Å². The number of rotatable bonds is 3. The molecule has 0 fully saturated rings. The second-order valence-corrected chi connectivity index (χ2v) is 5.54. The van der Waals surface area contributed by atoms with Crippen LogP contribution >= 0.6 is 11.6 Å². The van der Waals surface area contributed by atoms with Gasteiger partial charge in [-0.2, -0.15) is 0 Å². The highest BCUT2D eigenvalue weighted by Gasteiger charge is 2.31. The zero-order valence-electron chi connectivity index (χ0n) is 10.2. The molecule has 0 heterocycles. The molecule has 0 saturated carbocycles. The minimum atomic E-state index is -0.816. The van der Waals surface area contributed by atoms with Crippen molar-refractivity contribution < 1.29 is 8.78 Å². The monoisotopic (exact) mass is 278 g/mol. The first kappa shape index (κ1) is 12.6. The Hall–Kier alpha value is -1.41. The van der Waals surface area contributed by atoms with Crippen LogP contribution in [0, 0.1) is 11.6 Å². The summed E-state index contributed by atoms with van der Waals surface area (Å²) in [5.41, 5.74) is 3.36. The quantitative estimate of drug-likeness (QED) is 0.728. The SMILES string of the molecule is Fc1ccc(CC(Cl)C2Cc3ccccc32)cc1F. The molecule has 3 heteroatoms. The molecule has 1 aliphatic rings. The average molecular weight is 279 g/mol. The highest BCUT2D eigenvalue weighted by Crippen LogP contribution is 2.40. The van der Waals surface area contributed by atoms with Crippen molar-refractivity contribution >= 4 is 11.6 Å². The van der Waals surface area contributed by atoms with Crippen molar-refractivity contribution in [2.75, 3.05) is 0 Å². The van der Waals surface area contributed by atoms with Gasteiger partial charge in [0.05, 0.1) is 0 Å². The van der Waals surface area contributed by atoms with Gasteiger partial charge in [0.15, 0.2) is 11.6 Å². The second kappa shape index (κ2) is 4.93. The van der Waals surface area contributed by atoms with E-state index in [0.29, 0.717) is 12.3 Å². The summed E-state index contributed by atoms with van der Waals surface area (Å²) in [7, 11) is 0. The van der Waals surface area contributed by atoms with Gasteiger partial charge in [-0.1, -0.05) is 30.3 Å². The lowest BCUT2D eigenvalue weighted by atomic mass is 9.74. The molecule has 1 aliphatic carbocycles. The van der Waals surface area contributed by atoms with E-state index >= 15 is 0 Å². The van der Waals surface area contributed by atoms with Crippen LogP contribution < -0.4 is 0 Å². The molecule has 0 N–H and O–H groups in total. The van der Waals surface area contributed by atoms with Gasteiger partial charge >= 0.3 is 0 Å². The number of hydrogen-bond acceptors (Lipinski definition) is 0. The molecule has 0 saturated heterocycles. The van der Waals surface area contributed by atoms with Crippen molar-refractivity contribution in [3.63, 3.8) is 0 Å². The van der Waals surface area contributed by atoms with E-state index in [1.165, 1.54) is 17.2 Å². The molecule has 0 aliphatic heterocycles. The Morgan fingerprint density at radius 2 is 1.89 bits per heavy atom. The average Bonchev–Trinajstić information content (AvgIpc) is 2.35. The third-order valence-corrected chi connectivity index (χ3v) is 4.20. The van der Waals surface area contributed by atoms with Crippen molar-refractivity contribution in [1.29, 1.82) is 0 Å².